The molecule has 1 aliphatic heterocycles. The number of likely N-dealkylation sites (tertiary alicyclic amines) is 1. The van der Waals surface area contributed by atoms with Crippen molar-refractivity contribution in [1.82, 2.24) is 30.0 Å². The third kappa shape index (κ3) is 3.42. The highest BCUT2D eigenvalue weighted by Crippen LogP contribution is 2.37. The molecule has 0 unspecified atom stereocenters. The number of nitrogens with one attached hydrogen (secondary N) is 2. The van der Waals surface area contributed by atoms with Crippen molar-refractivity contribution in [3.63, 3.8) is 0 Å². The van der Waals surface area contributed by atoms with Crippen molar-refractivity contribution < 1.29 is 0 Å². The third-order valence-electron chi connectivity index (χ3n) is 6.81. The first kappa shape index (κ1) is 19.6. The van der Waals surface area contributed by atoms with Gasteiger partial charge in [0.1, 0.15) is 5.01 Å². The van der Waals surface area contributed by atoms with Crippen molar-refractivity contribution in [3.05, 3.63) is 64.4 Å². The van der Waals surface area contributed by atoms with Gasteiger partial charge in [-0.05, 0) is 67.6 Å². The average molecular weight is 443 g/mol. The summed E-state index contributed by atoms with van der Waals surface area (Å²) in [4.78, 5) is 15.1. The molecule has 7 heteroatoms. The lowest BCUT2D eigenvalue weighted by Crippen LogP contribution is -2.32. The van der Waals surface area contributed by atoms with Gasteiger partial charge in [-0.1, -0.05) is 13.0 Å². The lowest BCUT2D eigenvalue weighted by Gasteiger charge is -2.31. The molecular formula is C25H26N6S. The Hall–Kier alpha value is -3.03. The van der Waals surface area contributed by atoms with Gasteiger partial charge in [0.15, 0.2) is 5.65 Å². The van der Waals surface area contributed by atoms with Crippen LogP contribution in [-0.4, -0.2) is 43.1 Å². The summed E-state index contributed by atoms with van der Waals surface area (Å²) in [6.45, 7) is 5.50. The van der Waals surface area contributed by atoms with E-state index in [9.17, 15) is 0 Å². The first-order chi connectivity index (χ1) is 15.8. The molecule has 0 saturated carbocycles. The molecule has 32 heavy (non-hydrogen) atoms. The molecule has 0 atom stereocenters. The Kier molecular flexibility index (Phi) is 5.00. The lowest BCUT2D eigenvalue weighted by molar-refractivity contribution is 0.204. The summed E-state index contributed by atoms with van der Waals surface area (Å²) in [6.07, 6.45) is 9.01. The smallest absolute Gasteiger partial charge is 0.155 e. The van der Waals surface area contributed by atoms with Crippen LogP contribution in [0.15, 0.2) is 48.2 Å². The quantitative estimate of drug-likeness (QED) is 0.377. The van der Waals surface area contributed by atoms with Crippen molar-refractivity contribution in [1.29, 1.82) is 0 Å². The molecule has 1 fully saturated rings. The van der Waals surface area contributed by atoms with Crippen LogP contribution in [0.4, 0.5) is 0 Å². The minimum absolute atomic E-state index is 0.622. The Morgan fingerprint density at radius 3 is 2.81 bits per heavy atom. The van der Waals surface area contributed by atoms with Crippen molar-refractivity contribution in [2.24, 2.45) is 0 Å². The Labute approximate surface area is 190 Å². The van der Waals surface area contributed by atoms with E-state index in [-0.39, 0.29) is 0 Å². The van der Waals surface area contributed by atoms with Gasteiger partial charge in [0.05, 0.1) is 18.4 Å². The van der Waals surface area contributed by atoms with Gasteiger partial charge in [-0.25, -0.2) is 9.97 Å². The number of fused-ring (bicyclic) bond motifs is 2. The maximum absolute atomic E-state index is 4.45. The number of aromatic amines is 2. The number of hydrogen-bond acceptors (Lipinski definition) is 5. The first-order valence-electron chi connectivity index (χ1n) is 11.3. The van der Waals surface area contributed by atoms with Crippen LogP contribution < -0.4 is 0 Å². The normalized spacial score (nSPS) is 15.8. The van der Waals surface area contributed by atoms with E-state index < -0.39 is 0 Å². The van der Waals surface area contributed by atoms with Gasteiger partial charge in [0.2, 0.25) is 0 Å². The van der Waals surface area contributed by atoms with Crippen LogP contribution in [0.2, 0.25) is 0 Å². The Balaban J connectivity index is 1.29. The van der Waals surface area contributed by atoms with E-state index in [1.54, 1.807) is 11.3 Å². The van der Waals surface area contributed by atoms with Gasteiger partial charge >= 0.3 is 0 Å². The van der Waals surface area contributed by atoms with E-state index in [4.69, 9.17) is 0 Å². The van der Waals surface area contributed by atoms with Gasteiger partial charge in [0.25, 0.3) is 0 Å². The summed E-state index contributed by atoms with van der Waals surface area (Å²) in [5.74, 6) is 0.622. The summed E-state index contributed by atoms with van der Waals surface area (Å²) < 4.78 is 0. The summed E-state index contributed by atoms with van der Waals surface area (Å²) >= 11 is 1.75. The van der Waals surface area contributed by atoms with Crippen LogP contribution in [-0.2, 0) is 13.0 Å². The molecule has 1 aromatic carbocycles. The van der Waals surface area contributed by atoms with Crippen LogP contribution in [0.1, 0.15) is 41.8 Å². The zero-order chi connectivity index (χ0) is 21.5. The number of piperidine rings is 1. The predicted molar refractivity (Wildman–Crippen MR) is 130 cm³/mol. The number of hydrogen-bond donors (Lipinski definition) is 2. The van der Waals surface area contributed by atoms with E-state index >= 15 is 0 Å². The maximum atomic E-state index is 4.45. The van der Waals surface area contributed by atoms with Crippen molar-refractivity contribution >= 4 is 33.3 Å². The minimum Gasteiger partial charge on any atom is -0.354 e. The summed E-state index contributed by atoms with van der Waals surface area (Å²) in [5.41, 5.74) is 7.22. The number of aryl methyl sites for hydroxylation is 1. The highest BCUT2D eigenvalue weighted by atomic mass is 32.1. The highest BCUT2D eigenvalue weighted by Gasteiger charge is 2.22. The van der Waals surface area contributed by atoms with Crippen LogP contribution >= 0.6 is 11.3 Å². The van der Waals surface area contributed by atoms with E-state index in [2.05, 4.69) is 66.6 Å². The lowest BCUT2D eigenvalue weighted by atomic mass is 9.88. The maximum Gasteiger partial charge on any atom is 0.155 e. The number of benzene rings is 1. The van der Waals surface area contributed by atoms with Crippen molar-refractivity contribution in [3.8, 4) is 11.3 Å². The van der Waals surface area contributed by atoms with Crippen LogP contribution in [0.25, 0.3) is 33.2 Å². The van der Waals surface area contributed by atoms with E-state index in [1.807, 2.05) is 18.6 Å². The number of H-pyrrole nitrogens is 2. The van der Waals surface area contributed by atoms with Gasteiger partial charge in [0, 0.05) is 39.6 Å². The van der Waals surface area contributed by atoms with Crippen LogP contribution in [0.3, 0.4) is 0 Å². The van der Waals surface area contributed by atoms with Crippen LogP contribution in [0, 0.1) is 0 Å². The van der Waals surface area contributed by atoms with Crippen molar-refractivity contribution in [2.45, 2.75) is 38.6 Å². The molecule has 0 bridgehead atoms. The third-order valence-corrected chi connectivity index (χ3v) is 7.57. The summed E-state index contributed by atoms with van der Waals surface area (Å²) in [6, 6.07) is 9.11. The monoisotopic (exact) mass is 442 g/mol. The fourth-order valence-corrected chi connectivity index (χ4v) is 5.79. The topological polar surface area (TPSA) is 73.5 Å². The zero-order valence-corrected chi connectivity index (χ0v) is 19.0. The highest BCUT2D eigenvalue weighted by molar-refractivity contribution is 7.09. The first-order valence-corrected chi connectivity index (χ1v) is 12.2. The zero-order valence-electron chi connectivity index (χ0n) is 18.1. The van der Waals surface area contributed by atoms with E-state index in [0.717, 1.165) is 42.7 Å². The fourth-order valence-electron chi connectivity index (χ4n) is 5.13. The number of nitrogens with zero attached hydrogens (tertiary/aromatic N) is 4. The minimum atomic E-state index is 0.622. The molecule has 0 spiro atoms. The molecule has 0 aliphatic carbocycles. The largest absolute Gasteiger partial charge is 0.354 e. The Morgan fingerprint density at radius 2 is 2.00 bits per heavy atom. The standard InChI is InChI=1S/C25H26N6S/c1-2-18-20-13-17(16-6-10-31(11-7-16)15-23-26-9-12-32-23)3-4-22(20)29-24(18)19-5-8-27-25-21(19)14-28-30-25/h3-5,8-9,12-14,16,29H,2,6-7,10-11,15H2,1H3,(H,27,28,30). The van der Waals surface area contributed by atoms with Crippen molar-refractivity contribution in [2.75, 3.05) is 13.1 Å². The molecular weight excluding hydrogens is 416 g/mol. The predicted octanol–water partition coefficient (Wildman–Crippen LogP) is 5.50. The Bertz CT molecular complexity index is 1360. The summed E-state index contributed by atoms with van der Waals surface area (Å²) in [5, 5.41) is 12.9. The van der Waals surface area contributed by atoms with Gasteiger partial charge in [-0.2, -0.15) is 5.10 Å². The molecule has 4 aromatic heterocycles. The number of pyridine rings is 1. The molecule has 5 aromatic rings. The second-order valence-corrected chi connectivity index (χ2v) is 9.58. The Morgan fingerprint density at radius 1 is 1.09 bits per heavy atom. The second kappa shape index (κ2) is 8.15. The van der Waals surface area contributed by atoms with Gasteiger partial charge < -0.3 is 4.98 Å². The van der Waals surface area contributed by atoms with Gasteiger partial charge in [-0.3, -0.25) is 10.00 Å². The SMILES string of the molecule is CCc1c(-c2ccnc3[nH]ncc23)[nH]c2ccc(C3CCN(Cc4nccs4)CC3)cc12. The second-order valence-electron chi connectivity index (χ2n) is 8.60. The molecule has 6 rings (SSSR count). The molecule has 6 nitrogen and oxygen atoms in total. The molecule has 1 saturated heterocycles. The summed E-state index contributed by atoms with van der Waals surface area (Å²) in [7, 11) is 0. The number of thiazole rings is 1. The van der Waals surface area contributed by atoms with Crippen LogP contribution in [0.5, 0.6) is 0 Å². The molecule has 1 aliphatic rings. The van der Waals surface area contributed by atoms with E-state index in [0.29, 0.717) is 5.92 Å². The molecule has 0 amide bonds. The molecule has 0 radical (unpaired) electrons. The van der Waals surface area contributed by atoms with Gasteiger partial charge in [-0.15, -0.1) is 11.3 Å². The molecule has 5 heterocycles. The fraction of sp³-hybridized carbons (Fsp3) is 0.320. The molecule has 2 N–H and O–H groups in total. The van der Waals surface area contributed by atoms with E-state index in [1.165, 1.54) is 45.6 Å². The average Bonchev–Trinajstić information content (AvgIpc) is 3.58. The molecule has 162 valence electrons. The number of rotatable bonds is 5. The number of aromatic nitrogens is 5.